The number of benzene rings is 1. The summed E-state index contributed by atoms with van der Waals surface area (Å²) in [5.74, 6) is 0.651. The Balaban J connectivity index is 3.33. The summed E-state index contributed by atoms with van der Waals surface area (Å²) in [5.41, 5.74) is 0.735. The smallest absolute Gasteiger partial charge is 0.276 e. The molecular formula is C13H18ClNO3. The van der Waals surface area contributed by atoms with Gasteiger partial charge in [0.2, 0.25) is 0 Å². The van der Waals surface area contributed by atoms with E-state index in [1.807, 2.05) is 20.8 Å². The minimum Gasteiger partial charge on any atom is -0.497 e. The van der Waals surface area contributed by atoms with Gasteiger partial charge in [-0.05, 0) is 25.0 Å². The molecule has 0 N–H and O–H groups in total. The van der Waals surface area contributed by atoms with E-state index in [2.05, 4.69) is 0 Å². The Bertz CT molecular complexity index is 424. The molecule has 1 aromatic rings. The predicted octanol–water partition coefficient (Wildman–Crippen LogP) is 3.97. The van der Waals surface area contributed by atoms with Gasteiger partial charge < -0.3 is 4.74 Å². The minimum atomic E-state index is -0.382. The van der Waals surface area contributed by atoms with E-state index in [-0.39, 0.29) is 27.8 Å². The van der Waals surface area contributed by atoms with Crippen molar-refractivity contribution in [3.8, 4) is 5.75 Å². The molecule has 0 saturated heterocycles. The lowest BCUT2D eigenvalue weighted by Gasteiger charge is -2.23. The molecule has 18 heavy (non-hydrogen) atoms. The summed E-state index contributed by atoms with van der Waals surface area (Å²) in [5, 5.41) is 11.0. The lowest BCUT2D eigenvalue weighted by Crippen LogP contribution is -2.17. The minimum absolute atomic E-state index is 0.0574. The summed E-state index contributed by atoms with van der Waals surface area (Å²) < 4.78 is 5.02. The van der Waals surface area contributed by atoms with Gasteiger partial charge in [-0.2, -0.15) is 0 Å². The molecule has 0 fully saturated rings. The van der Waals surface area contributed by atoms with E-state index >= 15 is 0 Å². The fourth-order valence-corrected chi connectivity index (χ4v) is 2.65. The zero-order valence-corrected chi connectivity index (χ0v) is 11.8. The van der Waals surface area contributed by atoms with Crippen LogP contribution in [-0.2, 0) is 0 Å². The fraction of sp³-hybridized carbons (Fsp3) is 0.538. The number of methoxy groups -OCH3 is 1. The van der Waals surface area contributed by atoms with Crippen molar-refractivity contribution in [1.29, 1.82) is 0 Å². The number of halogens is 1. The van der Waals surface area contributed by atoms with Gasteiger partial charge in [0, 0.05) is 16.9 Å². The molecule has 0 aromatic heterocycles. The van der Waals surface area contributed by atoms with Crippen LogP contribution in [0.3, 0.4) is 0 Å². The normalized spacial score (nSPS) is 14.3. The van der Waals surface area contributed by atoms with Gasteiger partial charge >= 0.3 is 0 Å². The second kappa shape index (κ2) is 6.05. The van der Waals surface area contributed by atoms with Crippen LogP contribution in [0.5, 0.6) is 5.75 Å². The van der Waals surface area contributed by atoms with Gasteiger partial charge in [-0.15, -0.1) is 11.6 Å². The van der Waals surface area contributed by atoms with E-state index in [4.69, 9.17) is 16.3 Å². The third-order valence-electron chi connectivity index (χ3n) is 3.01. The molecule has 0 heterocycles. The van der Waals surface area contributed by atoms with Crippen LogP contribution in [0.15, 0.2) is 18.2 Å². The maximum absolute atomic E-state index is 11.1. The van der Waals surface area contributed by atoms with Gasteiger partial charge in [-0.3, -0.25) is 10.1 Å². The fourth-order valence-electron chi connectivity index (χ4n) is 2.23. The molecule has 0 radical (unpaired) electrons. The number of rotatable bonds is 5. The number of hydrogen-bond acceptors (Lipinski definition) is 3. The van der Waals surface area contributed by atoms with Crippen LogP contribution < -0.4 is 4.74 Å². The summed E-state index contributed by atoms with van der Waals surface area (Å²) in [6.07, 6.45) is 0. The van der Waals surface area contributed by atoms with Crippen LogP contribution >= 0.6 is 11.6 Å². The molecule has 1 rings (SSSR count). The first-order valence-corrected chi connectivity index (χ1v) is 6.28. The van der Waals surface area contributed by atoms with Crippen molar-refractivity contribution in [2.24, 2.45) is 5.92 Å². The molecule has 0 spiro atoms. The van der Waals surface area contributed by atoms with Gasteiger partial charge in [-0.1, -0.05) is 13.8 Å². The number of hydrogen-bond donors (Lipinski definition) is 0. The highest BCUT2D eigenvalue weighted by molar-refractivity contribution is 6.21. The largest absolute Gasteiger partial charge is 0.497 e. The van der Waals surface area contributed by atoms with Crippen LogP contribution in [0.25, 0.3) is 0 Å². The van der Waals surface area contributed by atoms with Crippen molar-refractivity contribution < 1.29 is 9.66 Å². The summed E-state index contributed by atoms with van der Waals surface area (Å²) in [4.78, 5) is 10.8. The van der Waals surface area contributed by atoms with E-state index in [0.29, 0.717) is 11.3 Å². The van der Waals surface area contributed by atoms with Crippen LogP contribution in [0.2, 0.25) is 0 Å². The lowest BCUT2D eigenvalue weighted by atomic mass is 9.85. The molecule has 100 valence electrons. The monoisotopic (exact) mass is 271 g/mol. The number of alkyl halides is 1. The second-order valence-corrected chi connectivity index (χ2v) is 5.32. The highest BCUT2D eigenvalue weighted by Gasteiger charge is 2.28. The zero-order valence-electron chi connectivity index (χ0n) is 11.0. The van der Waals surface area contributed by atoms with Gasteiger partial charge in [0.05, 0.1) is 18.1 Å². The van der Waals surface area contributed by atoms with E-state index in [0.717, 1.165) is 0 Å². The zero-order chi connectivity index (χ0) is 13.9. The first-order chi connectivity index (χ1) is 8.38. The first kappa shape index (κ1) is 14.8. The summed E-state index contributed by atoms with van der Waals surface area (Å²) >= 11 is 6.17. The van der Waals surface area contributed by atoms with Gasteiger partial charge in [0.15, 0.2) is 0 Å². The molecule has 0 aliphatic rings. The number of nitro groups is 1. The second-order valence-electron chi connectivity index (χ2n) is 4.63. The Morgan fingerprint density at radius 2 is 1.94 bits per heavy atom. The average molecular weight is 272 g/mol. The molecule has 5 heteroatoms. The Morgan fingerprint density at radius 3 is 2.33 bits per heavy atom. The third kappa shape index (κ3) is 3.13. The summed E-state index contributed by atoms with van der Waals surface area (Å²) in [6.45, 7) is 5.88. The van der Waals surface area contributed by atoms with E-state index in [1.165, 1.54) is 13.2 Å². The van der Waals surface area contributed by atoms with Gasteiger partial charge in [-0.25, -0.2) is 0 Å². The highest BCUT2D eigenvalue weighted by atomic mass is 35.5. The highest BCUT2D eigenvalue weighted by Crippen LogP contribution is 2.38. The van der Waals surface area contributed by atoms with Crippen LogP contribution in [0.4, 0.5) is 5.69 Å². The molecule has 4 nitrogen and oxygen atoms in total. The van der Waals surface area contributed by atoms with Crippen molar-refractivity contribution in [1.82, 2.24) is 0 Å². The lowest BCUT2D eigenvalue weighted by molar-refractivity contribution is -0.385. The number of nitro benzene ring substituents is 1. The van der Waals surface area contributed by atoms with Crippen LogP contribution in [0, 0.1) is 16.0 Å². The molecule has 0 bridgehead atoms. The number of ether oxygens (including phenoxy) is 1. The molecule has 0 aliphatic carbocycles. The Morgan fingerprint density at radius 1 is 1.33 bits per heavy atom. The van der Waals surface area contributed by atoms with Gasteiger partial charge in [0.25, 0.3) is 5.69 Å². The molecule has 1 aromatic carbocycles. The molecule has 0 saturated carbocycles. The maximum Gasteiger partial charge on any atom is 0.276 e. The number of nitrogens with zero attached hydrogens (tertiary/aromatic N) is 1. The Labute approximate surface area is 112 Å². The van der Waals surface area contributed by atoms with Crippen LogP contribution in [0.1, 0.15) is 32.3 Å². The standard InChI is InChI=1S/C13H18ClNO3/c1-8(2)13(9(3)14)11-6-5-10(18-4)7-12(11)15(16)17/h5-9,13H,1-4H3. The van der Waals surface area contributed by atoms with E-state index in [9.17, 15) is 10.1 Å². The van der Waals surface area contributed by atoms with Crippen LogP contribution in [-0.4, -0.2) is 17.4 Å². The molecular weight excluding hydrogens is 254 g/mol. The van der Waals surface area contributed by atoms with Crippen molar-refractivity contribution in [2.45, 2.75) is 32.1 Å². The first-order valence-electron chi connectivity index (χ1n) is 5.84. The Kier molecular flexibility index (Phi) is 4.96. The molecule has 2 atom stereocenters. The SMILES string of the molecule is COc1ccc(C(C(C)C)C(C)Cl)c([N+](=O)[O-])c1. The van der Waals surface area contributed by atoms with Crippen molar-refractivity contribution in [2.75, 3.05) is 7.11 Å². The average Bonchev–Trinajstić information content (AvgIpc) is 2.28. The molecule has 0 amide bonds. The van der Waals surface area contributed by atoms with Gasteiger partial charge in [0.1, 0.15) is 5.75 Å². The van der Waals surface area contributed by atoms with Crippen molar-refractivity contribution in [3.05, 3.63) is 33.9 Å². The molecule has 0 aliphatic heterocycles. The topological polar surface area (TPSA) is 52.4 Å². The quantitative estimate of drug-likeness (QED) is 0.462. The van der Waals surface area contributed by atoms with E-state index in [1.54, 1.807) is 12.1 Å². The Hall–Kier alpha value is -1.29. The van der Waals surface area contributed by atoms with E-state index < -0.39 is 0 Å². The predicted molar refractivity (Wildman–Crippen MR) is 72.5 cm³/mol. The summed E-state index contributed by atoms with van der Waals surface area (Å²) in [6, 6.07) is 4.92. The van der Waals surface area contributed by atoms with Crippen molar-refractivity contribution in [3.63, 3.8) is 0 Å². The maximum atomic E-state index is 11.1. The third-order valence-corrected chi connectivity index (χ3v) is 3.28. The molecule has 2 unspecified atom stereocenters. The summed E-state index contributed by atoms with van der Waals surface area (Å²) in [7, 11) is 1.49. The van der Waals surface area contributed by atoms with Crippen molar-refractivity contribution >= 4 is 17.3 Å².